The van der Waals surface area contributed by atoms with Crippen LogP contribution in [0.4, 0.5) is 9.59 Å². The zero-order valence-corrected chi connectivity index (χ0v) is 36.3. The van der Waals surface area contributed by atoms with E-state index in [2.05, 4.69) is 21.2 Å². The molecule has 0 bridgehead atoms. The smallest absolute Gasteiger partial charge is 0.407 e. The minimum atomic E-state index is -1.34. The molecule has 0 radical (unpaired) electrons. The molecule has 5 N–H and O–H groups in total. The molecule has 0 aromatic heterocycles. The Morgan fingerprint density at radius 3 is 1.73 bits per heavy atom. The highest BCUT2D eigenvalue weighted by molar-refractivity contribution is 5.84. The fraction of sp³-hybridized carbons (Fsp3) is 0.320. The maximum Gasteiger partial charge on any atom is 0.407 e. The largest absolute Gasteiger partial charge is 0.449 e. The van der Waals surface area contributed by atoms with Crippen molar-refractivity contribution >= 4 is 24.1 Å². The van der Waals surface area contributed by atoms with Crippen molar-refractivity contribution < 1.29 is 38.3 Å². The number of alkyl carbamates (subject to hydrolysis) is 2. The SMILES string of the molecule is C[C@@H](CCCCNC(=O)OC(C)(C)C)/[N+](N)=N/OC(=O)[C@H](CCC(=O)NC(c1ccccc1)(c1ccccc1)c1ccccc1)NC(=O)OCC1c2ccccc2-c2ccccc21. The minimum absolute atomic E-state index is 0.0155. The lowest BCUT2D eigenvalue weighted by Crippen LogP contribution is -2.48. The lowest BCUT2D eigenvalue weighted by atomic mass is 9.77. The summed E-state index contributed by atoms with van der Waals surface area (Å²) in [5.74, 6) is 4.65. The number of hydrogen-bond acceptors (Lipinski definition) is 8. The molecule has 0 aliphatic heterocycles. The second-order valence-corrected chi connectivity index (χ2v) is 16.6. The summed E-state index contributed by atoms with van der Waals surface area (Å²) in [5.41, 5.74) is 5.04. The average molecular weight is 854 g/mol. The standard InChI is InChI=1S/C50H56N6O7/c1-35(20-18-19-33-52-47(59)62-49(2,3)4)56(51)55-63-46(58)44(53-48(60)61-34-43-41-29-16-14-27-39(41)40-28-15-17-30-42(40)43)31-32-45(57)54-50(36-21-8-5-9-22-36,37-23-10-6-11-24-37)38-25-12-7-13-26-38/h5-17,21-30,35,43-44H,18-20,31-34H2,1-4H3,(H4-,51,52,53,54,55,57,59,60)/p+1/t35-,44-/m0/s1. The average Bonchev–Trinajstić information content (AvgIpc) is 3.61. The molecule has 1 aliphatic rings. The quantitative estimate of drug-likeness (QED) is 0.0169. The van der Waals surface area contributed by atoms with Crippen LogP contribution in [0.5, 0.6) is 0 Å². The zero-order chi connectivity index (χ0) is 44.8. The van der Waals surface area contributed by atoms with Gasteiger partial charge in [-0.05, 0) is 79.0 Å². The molecule has 0 fully saturated rings. The van der Waals surface area contributed by atoms with Crippen LogP contribution in [0, 0.1) is 0 Å². The molecule has 0 saturated heterocycles. The Morgan fingerprint density at radius 2 is 1.21 bits per heavy atom. The third-order valence-corrected chi connectivity index (χ3v) is 10.9. The number of fused-ring (bicyclic) bond motifs is 3. The van der Waals surface area contributed by atoms with Gasteiger partial charge in [0.25, 0.3) is 0 Å². The normalized spacial score (nSPS) is 13.4. The molecule has 1 aliphatic carbocycles. The molecule has 13 heteroatoms. The lowest BCUT2D eigenvalue weighted by Gasteiger charge is -2.37. The van der Waals surface area contributed by atoms with Crippen LogP contribution in [0.15, 0.2) is 145 Å². The Morgan fingerprint density at radius 1 is 0.698 bits per heavy atom. The van der Waals surface area contributed by atoms with Gasteiger partial charge in [0, 0.05) is 37.0 Å². The van der Waals surface area contributed by atoms with Crippen molar-refractivity contribution in [1.29, 1.82) is 0 Å². The molecule has 13 nitrogen and oxygen atoms in total. The van der Waals surface area contributed by atoms with E-state index >= 15 is 0 Å². The van der Waals surface area contributed by atoms with Crippen molar-refractivity contribution in [3.05, 3.63) is 167 Å². The van der Waals surface area contributed by atoms with Gasteiger partial charge in [-0.3, -0.25) is 9.63 Å². The molecule has 5 aromatic carbocycles. The van der Waals surface area contributed by atoms with Crippen LogP contribution in [0.3, 0.4) is 0 Å². The van der Waals surface area contributed by atoms with Crippen LogP contribution in [-0.4, -0.2) is 59.7 Å². The van der Waals surface area contributed by atoms with Crippen LogP contribution in [-0.2, 0) is 29.4 Å². The number of hydrazine groups is 1. The van der Waals surface area contributed by atoms with Crippen molar-refractivity contribution in [2.75, 3.05) is 13.2 Å². The molecule has 63 heavy (non-hydrogen) atoms. The van der Waals surface area contributed by atoms with Gasteiger partial charge in [0.05, 0.1) is 0 Å². The van der Waals surface area contributed by atoms with E-state index in [4.69, 9.17) is 20.2 Å². The van der Waals surface area contributed by atoms with Crippen LogP contribution in [0.25, 0.3) is 11.1 Å². The number of carbonyl (C=O) groups excluding carboxylic acids is 4. The number of rotatable bonds is 18. The van der Waals surface area contributed by atoms with E-state index in [-0.39, 0.29) is 37.3 Å². The molecular weight excluding hydrogens is 797 g/mol. The Balaban J connectivity index is 1.15. The first-order valence-electron chi connectivity index (χ1n) is 21.4. The van der Waals surface area contributed by atoms with Crippen molar-refractivity contribution in [3.8, 4) is 11.1 Å². The van der Waals surface area contributed by atoms with E-state index in [0.29, 0.717) is 25.8 Å². The Hall–Kier alpha value is -7.02. The molecular formula is C50H57N6O7+. The predicted octanol–water partition coefficient (Wildman–Crippen LogP) is 8.66. The summed E-state index contributed by atoms with van der Waals surface area (Å²) >= 11 is 0. The number of nitrogens with two attached hydrogens (primary N) is 1. The van der Waals surface area contributed by atoms with E-state index in [1.165, 1.54) is 0 Å². The third-order valence-electron chi connectivity index (χ3n) is 10.9. The fourth-order valence-corrected chi connectivity index (χ4v) is 7.79. The van der Waals surface area contributed by atoms with Crippen molar-refractivity contribution in [3.63, 3.8) is 0 Å². The monoisotopic (exact) mass is 853 g/mol. The highest BCUT2D eigenvalue weighted by atomic mass is 16.7. The van der Waals surface area contributed by atoms with Crippen LogP contribution >= 0.6 is 0 Å². The first-order chi connectivity index (χ1) is 30.4. The fourth-order valence-electron chi connectivity index (χ4n) is 7.79. The number of nitrogens with zero attached hydrogens (tertiary/aromatic N) is 2. The molecule has 0 spiro atoms. The third kappa shape index (κ3) is 11.9. The van der Waals surface area contributed by atoms with E-state index in [1.54, 1.807) is 20.8 Å². The summed E-state index contributed by atoms with van der Waals surface area (Å²) in [4.78, 5) is 59.9. The number of carbonyl (C=O) groups is 4. The first kappa shape index (κ1) is 45.5. The van der Waals surface area contributed by atoms with Gasteiger partial charge in [-0.25, -0.2) is 14.4 Å². The van der Waals surface area contributed by atoms with Crippen molar-refractivity contribution in [2.45, 2.75) is 88.9 Å². The van der Waals surface area contributed by atoms with E-state index < -0.39 is 35.3 Å². The summed E-state index contributed by atoms with van der Waals surface area (Å²) in [5, 5.41) is 12.5. The van der Waals surface area contributed by atoms with Gasteiger partial charge in [-0.15, -0.1) is 0 Å². The minimum Gasteiger partial charge on any atom is -0.449 e. The predicted molar refractivity (Wildman–Crippen MR) is 239 cm³/mol. The molecule has 6 rings (SSSR count). The van der Waals surface area contributed by atoms with Gasteiger partial charge in [0.1, 0.15) is 23.8 Å². The summed E-state index contributed by atoms with van der Waals surface area (Å²) < 4.78 is 11.1. The second-order valence-electron chi connectivity index (χ2n) is 16.6. The van der Waals surface area contributed by atoms with Gasteiger partial charge in [-0.2, -0.15) is 5.84 Å². The number of hydrogen-bond donors (Lipinski definition) is 4. The molecule has 328 valence electrons. The van der Waals surface area contributed by atoms with Crippen LogP contribution in [0.1, 0.15) is 93.5 Å². The Labute approximate surface area is 369 Å². The topological polar surface area (TPSA) is 173 Å². The Kier molecular flexibility index (Phi) is 15.3. The second kappa shape index (κ2) is 21.2. The van der Waals surface area contributed by atoms with E-state index in [9.17, 15) is 19.2 Å². The molecule has 3 amide bonds. The van der Waals surface area contributed by atoms with E-state index in [0.717, 1.165) is 43.8 Å². The van der Waals surface area contributed by atoms with Gasteiger partial charge in [-0.1, -0.05) is 140 Å². The molecule has 0 saturated carbocycles. The first-order valence-corrected chi connectivity index (χ1v) is 21.4. The van der Waals surface area contributed by atoms with Crippen LogP contribution in [0.2, 0.25) is 0 Å². The van der Waals surface area contributed by atoms with Gasteiger partial charge in [0.15, 0.2) is 0 Å². The van der Waals surface area contributed by atoms with Crippen molar-refractivity contribution in [1.82, 2.24) is 16.0 Å². The lowest BCUT2D eigenvalue weighted by molar-refractivity contribution is -0.656. The number of amides is 3. The molecule has 0 heterocycles. The molecule has 2 atom stereocenters. The number of ether oxygens (including phenoxy) is 2. The highest BCUT2D eigenvalue weighted by Gasteiger charge is 2.38. The highest BCUT2D eigenvalue weighted by Crippen LogP contribution is 2.44. The maximum absolute atomic E-state index is 14.2. The number of nitrogens with one attached hydrogen (secondary N) is 3. The van der Waals surface area contributed by atoms with E-state index in [1.807, 2.05) is 146 Å². The molecule has 0 unspecified atom stereocenters. The summed E-state index contributed by atoms with van der Waals surface area (Å²) in [6.07, 6.45) is 0.239. The maximum atomic E-state index is 14.2. The van der Waals surface area contributed by atoms with Crippen molar-refractivity contribution in [2.24, 2.45) is 11.1 Å². The summed E-state index contributed by atoms with van der Waals surface area (Å²) in [7, 11) is 0. The number of benzene rings is 5. The summed E-state index contributed by atoms with van der Waals surface area (Å²) in [6, 6.07) is 43.3. The van der Waals surface area contributed by atoms with Gasteiger partial charge >= 0.3 is 18.2 Å². The zero-order valence-electron chi connectivity index (χ0n) is 36.3. The summed E-state index contributed by atoms with van der Waals surface area (Å²) in [6.45, 7) is 7.64. The van der Waals surface area contributed by atoms with Crippen LogP contribution < -0.4 is 21.8 Å². The number of unbranched alkanes of at least 4 members (excludes halogenated alkanes) is 1. The Bertz CT molecular complexity index is 2210. The van der Waals surface area contributed by atoms with Gasteiger partial charge < -0.3 is 25.4 Å². The molecule has 5 aromatic rings. The van der Waals surface area contributed by atoms with Gasteiger partial charge in [0.2, 0.25) is 17.2 Å².